The first kappa shape index (κ1) is 16.7. The van der Waals surface area contributed by atoms with Gasteiger partial charge in [0.15, 0.2) is 0 Å². The number of rotatable bonds is 3. The van der Waals surface area contributed by atoms with Crippen molar-refractivity contribution in [2.45, 2.75) is 38.9 Å². The summed E-state index contributed by atoms with van der Waals surface area (Å²) in [5.41, 5.74) is 1.45. The molecular weight excluding hydrogens is 301 g/mol. The van der Waals surface area contributed by atoms with Crippen LogP contribution < -0.4 is 10.8 Å². The number of hydrogen-bond donors (Lipinski definition) is 1. The summed E-state index contributed by atoms with van der Waals surface area (Å²) in [6, 6.07) is 16.7. The first-order chi connectivity index (χ1) is 11.3. The lowest BCUT2D eigenvalue weighted by Crippen LogP contribution is -2.41. The molecule has 124 valence electrons. The molecule has 0 aromatic heterocycles. The summed E-state index contributed by atoms with van der Waals surface area (Å²) < 4.78 is 12.1. The molecule has 0 saturated carbocycles. The van der Waals surface area contributed by atoms with E-state index in [1.807, 2.05) is 70.2 Å². The number of carbonyl (C=O) groups is 1. The van der Waals surface area contributed by atoms with Gasteiger partial charge in [-0.25, -0.2) is 0 Å². The van der Waals surface area contributed by atoms with Crippen molar-refractivity contribution in [3.05, 3.63) is 60.2 Å². The highest BCUT2D eigenvalue weighted by Crippen LogP contribution is 2.36. The summed E-state index contributed by atoms with van der Waals surface area (Å²) in [5, 5.41) is 2.91. The van der Waals surface area contributed by atoms with Crippen molar-refractivity contribution in [2.75, 3.05) is 5.32 Å². The quantitative estimate of drug-likeness (QED) is 0.882. The smallest absolute Gasteiger partial charge is 0.399 e. The van der Waals surface area contributed by atoms with Gasteiger partial charge in [0.05, 0.1) is 11.2 Å². The van der Waals surface area contributed by atoms with Gasteiger partial charge in [-0.3, -0.25) is 4.79 Å². The van der Waals surface area contributed by atoms with Crippen LogP contribution in [0.2, 0.25) is 0 Å². The Bertz CT molecular complexity index is 727. The van der Waals surface area contributed by atoms with E-state index in [1.165, 1.54) is 0 Å². The zero-order valence-electron chi connectivity index (χ0n) is 14.5. The van der Waals surface area contributed by atoms with Crippen LogP contribution in [0.15, 0.2) is 54.6 Å². The molecule has 2 aromatic rings. The topological polar surface area (TPSA) is 47.6 Å². The third-order valence-corrected chi connectivity index (χ3v) is 4.71. The molecule has 3 rings (SSSR count). The minimum atomic E-state index is -0.441. The normalized spacial score (nSPS) is 18.4. The van der Waals surface area contributed by atoms with Gasteiger partial charge in [0.25, 0.3) is 5.91 Å². The lowest BCUT2D eigenvalue weighted by Gasteiger charge is -2.32. The van der Waals surface area contributed by atoms with Crippen LogP contribution >= 0.6 is 0 Å². The monoisotopic (exact) mass is 323 g/mol. The maximum absolute atomic E-state index is 12.3. The van der Waals surface area contributed by atoms with Gasteiger partial charge in [-0.15, -0.1) is 0 Å². The van der Waals surface area contributed by atoms with Gasteiger partial charge < -0.3 is 14.6 Å². The number of anilines is 1. The molecule has 0 spiro atoms. The van der Waals surface area contributed by atoms with Gasteiger partial charge in [0.2, 0.25) is 0 Å². The van der Waals surface area contributed by atoms with Crippen LogP contribution in [0.3, 0.4) is 0 Å². The molecule has 5 heteroatoms. The Morgan fingerprint density at radius 3 is 2.17 bits per heavy atom. The van der Waals surface area contributed by atoms with Crippen molar-refractivity contribution in [3.8, 4) is 0 Å². The van der Waals surface area contributed by atoms with Gasteiger partial charge in [-0.05, 0) is 57.4 Å². The largest absolute Gasteiger partial charge is 0.494 e. The number of carbonyl (C=O) groups excluding carboxylic acids is 1. The summed E-state index contributed by atoms with van der Waals surface area (Å²) in [4.78, 5) is 12.3. The summed E-state index contributed by atoms with van der Waals surface area (Å²) >= 11 is 0. The minimum absolute atomic E-state index is 0.137. The van der Waals surface area contributed by atoms with Gasteiger partial charge in [0, 0.05) is 11.3 Å². The van der Waals surface area contributed by atoms with Crippen molar-refractivity contribution in [3.63, 3.8) is 0 Å². The first-order valence-electron chi connectivity index (χ1n) is 8.10. The first-order valence-corrected chi connectivity index (χ1v) is 8.10. The molecule has 2 aromatic carbocycles. The predicted molar refractivity (Wildman–Crippen MR) is 96.6 cm³/mol. The van der Waals surface area contributed by atoms with Crippen LogP contribution in [-0.4, -0.2) is 24.2 Å². The number of amides is 1. The molecule has 0 aliphatic carbocycles. The van der Waals surface area contributed by atoms with Crippen LogP contribution in [-0.2, 0) is 9.31 Å². The lowest BCUT2D eigenvalue weighted by molar-refractivity contribution is 0.00578. The third kappa shape index (κ3) is 3.23. The van der Waals surface area contributed by atoms with Crippen LogP contribution in [0.5, 0.6) is 0 Å². The van der Waals surface area contributed by atoms with Crippen molar-refractivity contribution < 1.29 is 14.1 Å². The minimum Gasteiger partial charge on any atom is -0.399 e. The Morgan fingerprint density at radius 2 is 1.54 bits per heavy atom. The fraction of sp³-hybridized carbons (Fsp3) is 0.316. The average Bonchev–Trinajstić information content (AvgIpc) is 2.76. The van der Waals surface area contributed by atoms with Crippen LogP contribution in [0, 0.1) is 0 Å². The van der Waals surface area contributed by atoms with Crippen molar-refractivity contribution in [1.82, 2.24) is 0 Å². The third-order valence-electron chi connectivity index (χ3n) is 4.71. The fourth-order valence-electron chi connectivity index (χ4n) is 2.53. The summed E-state index contributed by atoms with van der Waals surface area (Å²) in [6.45, 7) is 8.09. The summed E-state index contributed by atoms with van der Waals surface area (Å²) in [5.74, 6) is -0.137. The maximum Gasteiger partial charge on any atom is 0.494 e. The standard InChI is InChI=1S/C19H22BNO3/c1-18(2)19(3,4)24-20(23-18)15-11-8-12-16(13-15)21-17(22)14-9-6-5-7-10-14/h5-13H,1-4H3,(H,21,22). The van der Waals surface area contributed by atoms with E-state index in [-0.39, 0.29) is 17.1 Å². The van der Waals surface area contributed by atoms with Gasteiger partial charge >= 0.3 is 7.12 Å². The predicted octanol–water partition coefficient (Wildman–Crippen LogP) is 3.24. The zero-order chi connectivity index (χ0) is 17.4. The highest BCUT2D eigenvalue weighted by molar-refractivity contribution is 6.62. The molecule has 0 radical (unpaired) electrons. The van der Waals surface area contributed by atoms with Crippen molar-refractivity contribution >= 4 is 24.2 Å². The van der Waals surface area contributed by atoms with E-state index in [0.717, 1.165) is 11.2 Å². The number of benzene rings is 2. The summed E-state index contributed by atoms with van der Waals surface area (Å²) in [7, 11) is -0.441. The van der Waals surface area contributed by atoms with Gasteiger partial charge in [0.1, 0.15) is 0 Å². The van der Waals surface area contributed by atoms with Crippen molar-refractivity contribution in [1.29, 1.82) is 0 Å². The maximum atomic E-state index is 12.3. The summed E-state index contributed by atoms with van der Waals surface area (Å²) in [6.07, 6.45) is 0. The van der Waals surface area contributed by atoms with E-state index < -0.39 is 7.12 Å². The Labute approximate surface area is 143 Å². The molecule has 0 atom stereocenters. The van der Waals surface area contributed by atoms with Gasteiger partial charge in [-0.2, -0.15) is 0 Å². The van der Waals surface area contributed by atoms with Crippen molar-refractivity contribution in [2.24, 2.45) is 0 Å². The highest BCUT2D eigenvalue weighted by atomic mass is 16.7. The number of nitrogens with one attached hydrogen (secondary N) is 1. The Morgan fingerprint density at radius 1 is 0.917 bits per heavy atom. The molecule has 1 heterocycles. The highest BCUT2D eigenvalue weighted by Gasteiger charge is 2.51. The van der Waals surface area contributed by atoms with E-state index in [9.17, 15) is 4.79 Å². The molecule has 1 amide bonds. The van der Waals surface area contributed by atoms with E-state index in [4.69, 9.17) is 9.31 Å². The van der Waals surface area contributed by atoms with E-state index >= 15 is 0 Å². The molecular formula is C19H22BNO3. The number of hydrogen-bond acceptors (Lipinski definition) is 3. The van der Waals surface area contributed by atoms with Crippen LogP contribution in [0.4, 0.5) is 5.69 Å². The lowest BCUT2D eigenvalue weighted by atomic mass is 9.79. The van der Waals surface area contributed by atoms with Crippen LogP contribution in [0.1, 0.15) is 38.1 Å². The molecule has 24 heavy (non-hydrogen) atoms. The molecule has 1 aliphatic heterocycles. The molecule has 1 saturated heterocycles. The van der Waals surface area contributed by atoms with E-state index in [1.54, 1.807) is 12.1 Å². The fourth-order valence-corrected chi connectivity index (χ4v) is 2.53. The molecule has 0 bridgehead atoms. The second kappa shape index (κ2) is 6.08. The SMILES string of the molecule is CC1(C)OB(c2cccc(NC(=O)c3ccccc3)c2)OC1(C)C. The average molecular weight is 323 g/mol. The second-order valence-electron chi connectivity index (χ2n) is 7.03. The molecule has 0 unspecified atom stereocenters. The molecule has 1 fully saturated rings. The Balaban J connectivity index is 1.77. The Hall–Kier alpha value is -2.11. The van der Waals surface area contributed by atoms with Gasteiger partial charge in [-0.1, -0.05) is 30.3 Å². The second-order valence-corrected chi connectivity index (χ2v) is 7.03. The van der Waals surface area contributed by atoms with E-state index in [2.05, 4.69) is 5.32 Å². The van der Waals surface area contributed by atoms with E-state index in [0.29, 0.717) is 5.56 Å². The molecule has 1 aliphatic rings. The molecule has 4 nitrogen and oxygen atoms in total. The zero-order valence-corrected chi connectivity index (χ0v) is 14.5. The molecule has 1 N–H and O–H groups in total. The van der Waals surface area contributed by atoms with Crippen LogP contribution in [0.25, 0.3) is 0 Å². The Kier molecular flexibility index (Phi) is 4.24.